The highest BCUT2D eigenvalue weighted by Gasteiger charge is 2.15. The van der Waals surface area contributed by atoms with Gasteiger partial charge in [0.1, 0.15) is 0 Å². The van der Waals surface area contributed by atoms with Gasteiger partial charge in [0.05, 0.1) is 5.56 Å². The zero-order valence-electron chi connectivity index (χ0n) is 8.56. The Morgan fingerprint density at radius 2 is 1.87 bits per heavy atom. The van der Waals surface area contributed by atoms with E-state index in [4.69, 9.17) is 0 Å². The molecule has 1 aromatic heterocycles. The van der Waals surface area contributed by atoms with Gasteiger partial charge >= 0.3 is 0 Å². The van der Waals surface area contributed by atoms with Crippen LogP contribution in [0.25, 0.3) is 0 Å². The van der Waals surface area contributed by atoms with Crippen molar-refractivity contribution in [3.8, 4) is 0 Å². The van der Waals surface area contributed by atoms with Crippen LogP contribution in [0.15, 0.2) is 17.6 Å². The molecule has 15 heavy (non-hydrogen) atoms. The number of hydrogen-bond acceptors (Lipinski definition) is 4. The Kier molecular flexibility index (Phi) is 3.72. The molecule has 0 spiro atoms. The van der Waals surface area contributed by atoms with Gasteiger partial charge in [-0.3, -0.25) is 4.79 Å². The van der Waals surface area contributed by atoms with E-state index >= 15 is 0 Å². The minimum absolute atomic E-state index is 0.544. The lowest BCUT2D eigenvalue weighted by Crippen LogP contribution is -2.08. The van der Waals surface area contributed by atoms with Crippen LogP contribution < -0.4 is 0 Å². The summed E-state index contributed by atoms with van der Waals surface area (Å²) in [6, 6.07) is 0. The zero-order valence-corrected chi connectivity index (χ0v) is 9.37. The Balaban J connectivity index is 1.94. The van der Waals surface area contributed by atoms with Crippen molar-refractivity contribution >= 4 is 18.0 Å². The maximum absolute atomic E-state index is 10.4. The minimum Gasteiger partial charge on any atom is -0.298 e. The molecule has 0 saturated heterocycles. The lowest BCUT2D eigenvalue weighted by atomic mass is 10.0. The molecule has 1 saturated carbocycles. The third kappa shape index (κ3) is 3.02. The first kappa shape index (κ1) is 10.6. The van der Waals surface area contributed by atoms with E-state index in [1.807, 2.05) is 0 Å². The van der Waals surface area contributed by atoms with Crippen LogP contribution in [-0.2, 0) is 0 Å². The van der Waals surface area contributed by atoms with Crippen LogP contribution in [0.1, 0.15) is 42.5 Å². The van der Waals surface area contributed by atoms with Crippen molar-refractivity contribution in [3.63, 3.8) is 0 Å². The van der Waals surface area contributed by atoms with Crippen molar-refractivity contribution in [1.82, 2.24) is 9.97 Å². The van der Waals surface area contributed by atoms with Crippen LogP contribution in [0, 0.1) is 0 Å². The molecule has 1 aromatic rings. The number of nitrogens with zero attached hydrogens (tertiary/aromatic N) is 2. The third-order valence-corrected chi connectivity index (χ3v) is 3.83. The van der Waals surface area contributed by atoms with Gasteiger partial charge in [-0.2, -0.15) is 0 Å². The zero-order chi connectivity index (χ0) is 10.5. The Morgan fingerprint density at radius 3 is 2.47 bits per heavy atom. The summed E-state index contributed by atoms with van der Waals surface area (Å²) in [5.74, 6) is 0. The van der Waals surface area contributed by atoms with Crippen LogP contribution in [0.4, 0.5) is 0 Å². The lowest BCUT2D eigenvalue weighted by Gasteiger charge is -2.19. The van der Waals surface area contributed by atoms with E-state index in [9.17, 15) is 4.79 Å². The molecule has 1 fully saturated rings. The van der Waals surface area contributed by atoms with E-state index in [-0.39, 0.29) is 0 Å². The molecule has 4 heteroatoms. The van der Waals surface area contributed by atoms with E-state index in [2.05, 4.69) is 9.97 Å². The summed E-state index contributed by atoms with van der Waals surface area (Å²) in [6.45, 7) is 0. The number of thioether (sulfide) groups is 1. The summed E-state index contributed by atoms with van der Waals surface area (Å²) < 4.78 is 0. The summed E-state index contributed by atoms with van der Waals surface area (Å²) in [5.41, 5.74) is 0.544. The topological polar surface area (TPSA) is 42.9 Å². The van der Waals surface area contributed by atoms with Crippen molar-refractivity contribution < 1.29 is 4.79 Å². The van der Waals surface area contributed by atoms with E-state index in [1.165, 1.54) is 32.1 Å². The Hall–Kier alpha value is -0.900. The van der Waals surface area contributed by atoms with Crippen LogP contribution in [-0.4, -0.2) is 21.5 Å². The molecule has 1 aliphatic carbocycles. The smallest absolute Gasteiger partial charge is 0.187 e. The minimum atomic E-state index is 0.544. The van der Waals surface area contributed by atoms with Crippen LogP contribution in [0.2, 0.25) is 0 Å². The molecule has 0 aliphatic heterocycles. The molecule has 1 heterocycles. The molecule has 0 amide bonds. The van der Waals surface area contributed by atoms with Gasteiger partial charge in [-0.25, -0.2) is 9.97 Å². The molecule has 3 nitrogen and oxygen atoms in total. The number of aldehydes is 1. The van der Waals surface area contributed by atoms with Gasteiger partial charge in [-0.15, -0.1) is 0 Å². The lowest BCUT2D eigenvalue weighted by molar-refractivity contribution is 0.112. The van der Waals surface area contributed by atoms with E-state index in [1.54, 1.807) is 24.2 Å². The fourth-order valence-corrected chi connectivity index (χ4v) is 2.87. The molecule has 0 aromatic carbocycles. The predicted octanol–water partition coefficient (Wildman–Crippen LogP) is 2.71. The molecule has 0 atom stereocenters. The molecular weight excluding hydrogens is 208 g/mol. The second kappa shape index (κ2) is 5.26. The highest BCUT2D eigenvalue weighted by atomic mass is 32.2. The van der Waals surface area contributed by atoms with Crippen LogP contribution in [0.3, 0.4) is 0 Å². The molecule has 0 radical (unpaired) electrons. The predicted molar refractivity (Wildman–Crippen MR) is 60.1 cm³/mol. The summed E-state index contributed by atoms with van der Waals surface area (Å²) in [6.07, 6.45) is 10.5. The number of hydrogen-bond donors (Lipinski definition) is 0. The van der Waals surface area contributed by atoms with Gasteiger partial charge in [0.2, 0.25) is 0 Å². The number of carbonyl (C=O) groups is 1. The number of rotatable bonds is 3. The van der Waals surface area contributed by atoms with Crippen molar-refractivity contribution in [2.75, 3.05) is 0 Å². The highest BCUT2D eigenvalue weighted by molar-refractivity contribution is 7.99. The van der Waals surface area contributed by atoms with Crippen molar-refractivity contribution in [2.24, 2.45) is 0 Å². The van der Waals surface area contributed by atoms with Crippen LogP contribution >= 0.6 is 11.8 Å². The second-order valence-corrected chi connectivity index (χ2v) is 5.06. The van der Waals surface area contributed by atoms with Gasteiger partial charge < -0.3 is 0 Å². The van der Waals surface area contributed by atoms with E-state index < -0.39 is 0 Å². The summed E-state index contributed by atoms with van der Waals surface area (Å²) >= 11 is 1.75. The average Bonchev–Trinajstić information content (AvgIpc) is 2.31. The van der Waals surface area contributed by atoms with Crippen molar-refractivity contribution in [1.29, 1.82) is 0 Å². The SMILES string of the molecule is O=Cc1cnc(SC2CCCCC2)nc1. The van der Waals surface area contributed by atoms with Gasteiger partial charge in [-0.1, -0.05) is 31.0 Å². The highest BCUT2D eigenvalue weighted by Crippen LogP contribution is 2.31. The second-order valence-electron chi connectivity index (χ2n) is 3.79. The monoisotopic (exact) mass is 222 g/mol. The Bertz CT molecular complexity index is 320. The van der Waals surface area contributed by atoms with Gasteiger partial charge in [0.15, 0.2) is 11.4 Å². The Morgan fingerprint density at radius 1 is 1.20 bits per heavy atom. The summed E-state index contributed by atoms with van der Waals surface area (Å²) in [5, 5.41) is 1.47. The molecule has 2 rings (SSSR count). The summed E-state index contributed by atoms with van der Waals surface area (Å²) in [4.78, 5) is 18.7. The van der Waals surface area contributed by atoms with Gasteiger partial charge in [-0.05, 0) is 12.8 Å². The first-order valence-corrected chi connectivity index (χ1v) is 6.20. The van der Waals surface area contributed by atoms with Crippen LogP contribution in [0.5, 0.6) is 0 Å². The maximum atomic E-state index is 10.4. The van der Waals surface area contributed by atoms with Gasteiger partial charge in [0.25, 0.3) is 0 Å². The molecule has 0 N–H and O–H groups in total. The first-order chi connectivity index (χ1) is 7.38. The normalized spacial score (nSPS) is 17.6. The van der Waals surface area contributed by atoms with E-state index in [0.717, 1.165) is 11.4 Å². The molecule has 80 valence electrons. The molecular formula is C11H14N2OS. The summed E-state index contributed by atoms with van der Waals surface area (Å²) in [7, 11) is 0. The number of carbonyl (C=O) groups excluding carboxylic acids is 1. The maximum Gasteiger partial charge on any atom is 0.187 e. The van der Waals surface area contributed by atoms with E-state index in [0.29, 0.717) is 10.8 Å². The number of aromatic nitrogens is 2. The van der Waals surface area contributed by atoms with Gasteiger partial charge in [0, 0.05) is 17.6 Å². The fourth-order valence-electron chi connectivity index (χ4n) is 1.78. The largest absolute Gasteiger partial charge is 0.298 e. The standard InChI is InChI=1S/C11H14N2OS/c14-8-9-6-12-11(13-7-9)15-10-4-2-1-3-5-10/h6-8,10H,1-5H2. The molecule has 0 unspecified atom stereocenters. The molecule has 1 aliphatic rings. The first-order valence-electron chi connectivity index (χ1n) is 5.32. The van der Waals surface area contributed by atoms with Crippen molar-refractivity contribution in [2.45, 2.75) is 42.5 Å². The molecule has 0 bridgehead atoms. The average molecular weight is 222 g/mol. The van der Waals surface area contributed by atoms with Crippen molar-refractivity contribution in [3.05, 3.63) is 18.0 Å². The quantitative estimate of drug-likeness (QED) is 0.582. The third-order valence-electron chi connectivity index (χ3n) is 2.61. The fraction of sp³-hybridized carbons (Fsp3) is 0.545. The Labute approximate surface area is 93.7 Å².